The van der Waals surface area contributed by atoms with E-state index in [1.54, 1.807) is 24.5 Å². The van der Waals surface area contributed by atoms with Gasteiger partial charge >= 0.3 is 0 Å². The summed E-state index contributed by atoms with van der Waals surface area (Å²) in [6, 6.07) is 3.57. The summed E-state index contributed by atoms with van der Waals surface area (Å²) in [6.45, 7) is 2.90. The smallest absolute Gasteiger partial charge is 0.255 e. The molecule has 0 unspecified atom stereocenters. The van der Waals surface area contributed by atoms with E-state index in [0.29, 0.717) is 29.7 Å². The Morgan fingerprint density at radius 1 is 1.35 bits per heavy atom. The monoisotopic (exact) mass is 330 g/mol. The molecule has 7 heteroatoms. The summed E-state index contributed by atoms with van der Waals surface area (Å²) in [6.07, 6.45) is 5.04. The van der Waals surface area contributed by atoms with Crippen LogP contribution >= 0.6 is 11.3 Å². The molecule has 0 bridgehead atoms. The molecule has 0 aromatic carbocycles. The molecule has 1 N–H and O–H groups in total. The van der Waals surface area contributed by atoms with E-state index >= 15 is 0 Å². The van der Waals surface area contributed by atoms with Crippen LogP contribution in [0.1, 0.15) is 41.7 Å². The Morgan fingerprint density at radius 2 is 2.13 bits per heavy atom. The van der Waals surface area contributed by atoms with Gasteiger partial charge in [0.1, 0.15) is 0 Å². The summed E-state index contributed by atoms with van der Waals surface area (Å²) in [4.78, 5) is 33.8. The van der Waals surface area contributed by atoms with Gasteiger partial charge in [0.2, 0.25) is 5.91 Å². The highest BCUT2D eigenvalue weighted by Gasteiger charge is 2.26. The maximum atomic E-state index is 12.4. The number of nitrogens with one attached hydrogen (secondary N) is 1. The first-order valence-corrected chi connectivity index (χ1v) is 8.44. The van der Waals surface area contributed by atoms with Gasteiger partial charge in [0.05, 0.1) is 11.3 Å². The number of hydrogen-bond acceptors (Lipinski definition) is 5. The zero-order valence-electron chi connectivity index (χ0n) is 12.9. The molecule has 3 rings (SSSR count). The zero-order chi connectivity index (χ0) is 16.2. The fraction of sp³-hybridized carbons (Fsp3) is 0.375. The fourth-order valence-corrected chi connectivity index (χ4v) is 3.57. The van der Waals surface area contributed by atoms with E-state index in [1.807, 2.05) is 10.3 Å². The molecule has 0 radical (unpaired) electrons. The summed E-state index contributed by atoms with van der Waals surface area (Å²) in [7, 11) is 0. The minimum Gasteiger partial charge on any atom is -0.339 e. The number of thiazole rings is 1. The van der Waals surface area contributed by atoms with Crippen LogP contribution in [-0.2, 0) is 4.79 Å². The molecule has 0 atom stereocenters. The standard InChI is InChI=1S/C16H18N4O2S/c1-11(21)18-16-19-14(10-23-16)12-4-7-20(8-5-12)15(22)13-3-2-6-17-9-13/h2-3,6,9-10,12H,4-5,7-8H2,1H3,(H,18,19,21). The molecule has 23 heavy (non-hydrogen) atoms. The molecule has 2 aromatic heterocycles. The van der Waals surface area contributed by atoms with Gasteiger partial charge in [-0.3, -0.25) is 14.6 Å². The number of carbonyl (C=O) groups excluding carboxylic acids is 2. The van der Waals surface area contributed by atoms with Crippen LogP contribution in [0.2, 0.25) is 0 Å². The SMILES string of the molecule is CC(=O)Nc1nc(C2CCN(C(=O)c3cccnc3)CC2)cs1. The van der Waals surface area contributed by atoms with Gasteiger partial charge in [-0.25, -0.2) is 4.98 Å². The largest absolute Gasteiger partial charge is 0.339 e. The lowest BCUT2D eigenvalue weighted by Crippen LogP contribution is -2.38. The Kier molecular flexibility index (Phi) is 4.66. The maximum Gasteiger partial charge on any atom is 0.255 e. The number of anilines is 1. The number of rotatable bonds is 3. The van der Waals surface area contributed by atoms with E-state index in [4.69, 9.17) is 0 Å². The molecule has 6 nitrogen and oxygen atoms in total. The number of hydrogen-bond donors (Lipinski definition) is 1. The average molecular weight is 330 g/mol. The third-order valence-electron chi connectivity index (χ3n) is 3.91. The van der Waals surface area contributed by atoms with Crippen LogP contribution < -0.4 is 5.32 Å². The van der Waals surface area contributed by atoms with Crippen molar-refractivity contribution in [2.45, 2.75) is 25.7 Å². The minimum absolute atomic E-state index is 0.0359. The lowest BCUT2D eigenvalue weighted by Gasteiger charge is -2.31. The lowest BCUT2D eigenvalue weighted by molar-refractivity contribution is -0.114. The number of amides is 2. The first-order chi connectivity index (χ1) is 11.1. The van der Waals surface area contributed by atoms with Crippen molar-refractivity contribution in [1.29, 1.82) is 0 Å². The van der Waals surface area contributed by atoms with Crippen LogP contribution in [0, 0.1) is 0 Å². The predicted octanol–water partition coefficient (Wildman–Crippen LogP) is 2.52. The van der Waals surface area contributed by atoms with Crippen molar-refractivity contribution in [3.8, 4) is 0 Å². The third-order valence-corrected chi connectivity index (χ3v) is 4.69. The van der Waals surface area contributed by atoms with Gasteiger partial charge in [-0.15, -0.1) is 11.3 Å². The first kappa shape index (κ1) is 15.6. The number of carbonyl (C=O) groups is 2. The summed E-state index contributed by atoms with van der Waals surface area (Å²) in [5.74, 6) is 0.267. The average Bonchev–Trinajstić information content (AvgIpc) is 3.03. The van der Waals surface area contributed by atoms with Crippen molar-refractivity contribution in [3.63, 3.8) is 0 Å². The molecule has 1 aliphatic rings. The predicted molar refractivity (Wildman–Crippen MR) is 88.5 cm³/mol. The molecular formula is C16H18N4O2S. The highest BCUT2D eigenvalue weighted by molar-refractivity contribution is 7.13. The van der Waals surface area contributed by atoms with Crippen LogP contribution in [0.15, 0.2) is 29.9 Å². The van der Waals surface area contributed by atoms with E-state index in [9.17, 15) is 9.59 Å². The summed E-state index contributed by atoms with van der Waals surface area (Å²) < 4.78 is 0. The van der Waals surface area contributed by atoms with Gasteiger partial charge in [-0.1, -0.05) is 0 Å². The molecular weight excluding hydrogens is 312 g/mol. The Bertz CT molecular complexity index is 693. The van der Waals surface area contributed by atoms with Gasteiger partial charge in [0, 0.05) is 43.7 Å². The van der Waals surface area contributed by atoms with E-state index in [1.165, 1.54) is 18.3 Å². The second-order valence-electron chi connectivity index (χ2n) is 5.57. The first-order valence-electron chi connectivity index (χ1n) is 7.56. The van der Waals surface area contributed by atoms with Crippen LogP contribution in [0.4, 0.5) is 5.13 Å². The number of pyridine rings is 1. The molecule has 2 aromatic rings. The molecule has 0 saturated carbocycles. The zero-order valence-corrected chi connectivity index (χ0v) is 13.7. The van der Waals surface area contributed by atoms with Crippen LogP contribution in [-0.4, -0.2) is 39.8 Å². The Balaban J connectivity index is 1.59. The van der Waals surface area contributed by atoms with E-state index in [0.717, 1.165) is 18.5 Å². The van der Waals surface area contributed by atoms with Crippen molar-refractivity contribution in [3.05, 3.63) is 41.2 Å². The summed E-state index contributed by atoms with van der Waals surface area (Å²) in [5.41, 5.74) is 1.64. The van der Waals surface area contributed by atoms with E-state index in [-0.39, 0.29) is 11.8 Å². The van der Waals surface area contributed by atoms with Gasteiger partial charge in [-0.05, 0) is 25.0 Å². The molecule has 1 aliphatic heterocycles. The van der Waals surface area contributed by atoms with Gasteiger partial charge in [-0.2, -0.15) is 0 Å². The topological polar surface area (TPSA) is 75.2 Å². The molecule has 0 spiro atoms. The van der Waals surface area contributed by atoms with Gasteiger partial charge in [0.15, 0.2) is 5.13 Å². The van der Waals surface area contributed by atoms with Gasteiger partial charge < -0.3 is 10.2 Å². The van der Waals surface area contributed by atoms with E-state index in [2.05, 4.69) is 15.3 Å². The van der Waals surface area contributed by atoms with Crippen molar-refractivity contribution in [1.82, 2.24) is 14.9 Å². The normalized spacial score (nSPS) is 15.4. The third kappa shape index (κ3) is 3.73. The molecule has 3 heterocycles. The second kappa shape index (κ2) is 6.87. The molecule has 0 aliphatic carbocycles. The van der Waals surface area contributed by atoms with Crippen molar-refractivity contribution >= 4 is 28.3 Å². The number of likely N-dealkylation sites (tertiary alicyclic amines) is 1. The molecule has 2 amide bonds. The second-order valence-corrected chi connectivity index (χ2v) is 6.42. The lowest BCUT2D eigenvalue weighted by atomic mass is 9.94. The van der Waals surface area contributed by atoms with Crippen LogP contribution in [0.3, 0.4) is 0 Å². The number of nitrogens with zero attached hydrogens (tertiary/aromatic N) is 3. The molecule has 1 saturated heterocycles. The van der Waals surface area contributed by atoms with Crippen LogP contribution in [0.25, 0.3) is 0 Å². The number of piperidine rings is 1. The molecule has 1 fully saturated rings. The van der Waals surface area contributed by atoms with Gasteiger partial charge in [0.25, 0.3) is 5.91 Å². The van der Waals surface area contributed by atoms with Crippen molar-refractivity contribution in [2.75, 3.05) is 18.4 Å². The molecule has 120 valence electrons. The fourth-order valence-electron chi connectivity index (χ4n) is 2.73. The quantitative estimate of drug-likeness (QED) is 0.938. The van der Waals surface area contributed by atoms with E-state index < -0.39 is 0 Å². The maximum absolute atomic E-state index is 12.4. The minimum atomic E-state index is -0.109. The Labute approximate surface area is 138 Å². The van der Waals surface area contributed by atoms with Crippen LogP contribution in [0.5, 0.6) is 0 Å². The highest BCUT2D eigenvalue weighted by Crippen LogP contribution is 2.30. The Morgan fingerprint density at radius 3 is 2.78 bits per heavy atom. The summed E-state index contributed by atoms with van der Waals surface area (Å²) >= 11 is 1.44. The Hall–Kier alpha value is -2.28. The highest BCUT2D eigenvalue weighted by atomic mass is 32.1. The van der Waals surface area contributed by atoms with Crippen molar-refractivity contribution in [2.24, 2.45) is 0 Å². The summed E-state index contributed by atoms with van der Waals surface area (Å²) in [5, 5.41) is 5.34. The van der Waals surface area contributed by atoms with Crippen molar-refractivity contribution < 1.29 is 9.59 Å². The number of aromatic nitrogens is 2.